The Bertz CT molecular complexity index is 1350. The number of carbonyl (C=O) groups excluding carboxylic acids is 2. The fourth-order valence-electron chi connectivity index (χ4n) is 9.17. The molecule has 1 heterocycles. The third kappa shape index (κ3) is 37.4. The van der Waals surface area contributed by atoms with Crippen molar-refractivity contribution in [2.75, 3.05) is 13.2 Å². The van der Waals surface area contributed by atoms with Crippen molar-refractivity contribution in [3.63, 3.8) is 0 Å². The summed E-state index contributed by atoms with van der Waals surface area (Å²) >= 11 is 0. The van der Waals surface area contributed by atoms with Crippen molar-refractivity contribution in [3.8, 4) is 0 Å². The van der Waals surface area contributed by atoms with E-state index in [9.17, 15) is 35.1 Å². The Labute approximate surface area is 440 Å². The first-order valence-electron chi connectivity index (χ1n) is 29.9. The van der Waals surface area contributed by atoms with Crippen molar-refractivity contribution in [1.82, 2.24) is 5.32 Å². The van der Waals surface area contributed by atoms with Gasteiger partial charge in [0.2, 0.25) is 5.91 Å². The van der Waals surface area contributed by atoms with Gasteiger partial charge in [-0.05, 0) is 77.0 Å². The van der Waals surface area contributed by atoms with E-state index in [2.05, 4.69) is 62.5 Å². The Balaban J connectivity index is 2.72. The molecule has 72 heavy (non-hydrogen) atoms. The number of esters is 1. The normalized spacial score (nSPS) is 19.8. The van der Waals surface area contributed by atoms with E-state index in [1.54, 1.807) is 6.08 Å². The van der Waals surface area contributed by atoms with Crippen LogP contribution in [0.15, 0.2) is 48.6 Å². The summed E-state index contributed by atoms with van der Waals surface area (Å²) in [4.78, 5) is 26.5. The van der Waals surface area contributed by atoms with E-state index >= 15 is 0 Å². The summed E-state index contributed by atoms with van der Waals surface area (Å²) < 4.78 is 17.6. The van der Waals surface area contributed by atoms with Gasteiger partial charge in [-0.2, -0.15) is 0 Å². The fraction of sp³-hybridized carbons (Fsp3) is 0.836. The zero-order valence-corrected chi connectivity index (χ0v) is 46.3. The second-order valence-electron chi connectivity index (χ2n) is 20.8. The molecule has 11 heteroatoms. The Morgan fingerprint density at radius 3 is 1.46 bits per heavy atom. The van der Waals surface area contributed by atoms with E-state index in [1.807, 2.05) is 6.08 Å². The summed E-state index contributed by atoms with van der Waals surface area (Å²) in [6, 6.07) is -1.03. The number of unbranched alkanes of at least 4 members (excludes halogenated alkanes) is 31. The van der Waals surface area contributed by atoms with Crippen LogP contribution in [0.1, 0.15) is 265 Å². The van der Waals surface area contributed by atoms with Gasteiger partial charge in [0.1, 0.15) is 24.4 Å². The zero-order chi connectivity index (χ0) is 52.5. The van der Waals surface area contributed by atoms with Gasteiger partial charge in [-0.15, -0.1) is 0 Å². The summed E-state index contributed by atoms with van der Waals surface area (Å²) in [7, 11) is 0. The largest absolute Gasteiger partial charge is 0.454 e. The molecule has 0 radical (unpaired) electrons. The molecule has 0 bridgehead atoms. The lowest BCUT2D eigenvalue weighted by Gasteiger charge is -2.41. The standard InChI is InChI=1S/C61H111NO10/c1-4-7-10-13-16-19-22-25-27-29-30-33-36-39-42-45-48-54(65)60(69)62-52(53(64)47-44-41-38-35-32-24-21-18-15-12-9-6-3)51-70-61-59(58(68)57(67)55(50-63)71-61)72-56(66)49-46-43-40-37-34-31-28-26-23-20-17-14-11-8-5-2/h17,20,23,25-27,44,47,52-55,57-59,61,63-65,67-68H,4-16,18-19,21-22,24,28-43,45-46,48-51H2,1-3H3,(H,62,69)/b20-17+,26-23+,27-25+,47-44+. The fourth-order valence-corrected chi connectivity index (χ4v) is 9.17. The number of rotatable bonds is 50. The molecule has 8 atom stereocenters. The quantitative estimate of drug-likeness (QED) is 0.0149. The molecule has 11 nitrogen and oxygen atoms in total. The third-order valence-electron chi connectivity index (χ3n) is 14.0. The van der Waals surface area contributed by atoms with Crippen molar-refractivity contribution in [3.05, 3.63) is 48.6 Å². The minimum atomic E-state index is -1.62. The van der Waals surface area contributed by atoms with Crippen LogP contribution in [0.5, 0.6) is 0 Å². The number of ether oxygens (including phenoxy) is 3. The van der Waals surface area contributed by atoms with Gasteiger partial charge in [-0.1, -0.05) is 230 Å². The molecule has 1 rings (SSSR count). The lowest BCUT2D eigenvalue weighted by molar-refractivity contribution is -0.305. The van der Waals surface area contributed by atoms with Crippen LogP contribution in [-0.2, 0) is 23.8 Å². The lowest BCUT2D eigenvalue weighted by Crippen LogP contribution is -2.61. The van der Waals surface area contributed by atoms with Crippen molar-refractivity contribution in [2.24, 2.45) is 0 Å². The molecule has 0 spiro atoms. The maximum atomic E-state index is 13.4. The highest BCUT2D eigenvalue weighted by molar-refractivity contribution is 5.80. The maximum Gasteiger partial charge on any atom is 0.306 e. The zero-order valence-electron chi connectivity index (χ0n) is 46.3. The Morgan fingerprint density at radius 1 is 0.542 bits per heavy atom. The molecule has 6 N–H and O–H groups in total. The molecule has 1 amide bonds. The molecule has 1 fully saturated rings. The molecule has 0 aromatic carbocycles. The highest BCUT2D eigenvalue weighted by atomic mass is 16.7. The summed E-state index contributed by atoms with van der Waals surface area (Å²) in [5.41, 5.74) is 0. The minimum Gasteiger partial charge on any atom is -0.454 e. The highest BCUT2D eigenvalue weighted by Crippen LogP contribution is 2.26. The van der Waals surface area contributed by atoms with E-state index in [0.717, 1.165) is 96.3 Å². The molecule has 420 valence electrons. The predicted octanol–water partition coefficient (Wildman–Crippen LogP) is 13.7. The summed E-state index contributed by atoms with van der Waals surface area (Å²) in [6.45, 7) is 5.74. The van der Waals surface area contributed by atoms with Crippen LogP contribution in [0.25, 0.3) is 0 Å². The molecule has 0 saturated carbocycles. The SMILES string of the molecule is CCCCC/C=C/C=C/CCCCCCCCC(=O)OC1C(OCC(NC(=O)C(O)CCCCCCCC/C=C/CCCCCCCC)C(O)/C=C/CCCCCCCCCCCC)OC(CO)C(O)C1O. The smallest absolute Gasteiger partial charge is 0.306 e. The minimum absolute atomic E-state index is 0.110. The Kier molecular flexibility index (Phi) is 46.5. The van der Waals surface area contributed by atoms with Crippen LogP contribution in [0.3, 0.4) is 0 Å². The number of aliphatic hydroxyl groups is 5. The number of carbonyl (C=O) groups is 2. The van der Waals surface area contributed by atoms with Gasteiger partial charge in [0.05, 0.1) is 25.4 Å². The average Bonchev–Trinajstić information content (AvgIpc) is 3.38. The Hall–Kier alpha value is -2.38. The molecule has 8 unspecified atom stereocenters. The first-order valence-corrected chi connectivity index (χ1v) is 29.9. The van der Waals surface area contributed by atoms with E-state index in [-0.39, 0.29) is 19.4 Å². The van der Waals surface area contributed by atoms with E-state index in [1.165, 1.54) is 122 Å². The number of allylic oxidation sites excluding steroid dienone is 7. The highest BCUT2D eigenvalue weighted by Gasteiger charge is 2.47. The topological polar surface area (TPSA) is 175 Å². The van der Waals surface area contributed by atoms with Gasteiger partial charge in [-0.25, -0.2) is 0 Å². The van der Waals surface area contributed by atoms with Gasteiger partial charge in [0.15, 0.2) is 12.4 Å². The Morgan fingerprint density at radius 2 is 0.958 bits per heavy atom. The maximum absolute atomic E-state index is 13.4. The van der Waals surface area contributed by atoms with Gasteiger partial charge in [0, 0.05) is 6.42 Å². The predicted molar refractivity (Wildman–Crippen MR) is 297 cm³/mol. The lowest BCUT2D eigenvalue weighted by atomic mass is 9.99. The van der Waals surface area contributed by atoms with Gasteiger partial charge in [-0.3, -0.25) is 9.59 Å². The molecule has 1 aliphatic rings. The first-order chi connectivity index (χ1) is 35.2. The van der Waals surface area contributed by atoms with Crippen LogP contribution in [0.2, 0.25) is 0 Å². The van der Waals surface area contributed by atoms with Crippen molar-refractivity contribution < 1.29 is 49.3 Å². The van der Waals surface area contributed by atoms with Crippen molar-refractivity contribution >= 4 is 11.9 Å². The van der Waals surface area contributed by atoms with E-state index in [0.29, 0.717) is 12.8 Å². The molecule has 0 aliphatic carbocycles. The summed E-state index contributed by atoms with van der Waals surface area (Å²) in [5.74, 6) is -1.21. The van der Waals surface area contributed by atoms with Crippen molar-refractivity contribution in [1.29, 1.82) is 0 Å². The number of hydrogen-bond acceptors (Lipinski definition) is 10. The van der Waals surface area contributed by atoms with Crippen LogP contribution in [0.4, 0.5) is 0 Å². The molecule has 1 saturated heterocycles. The average molecular weight is 1020 g/mol. The second kappa shape index (κ2) is 49.5. The number of nitrogens with one attached hydrogen (secondary N) is 1. The summed E-state index contributed by atoms with van der Waals surface area (Å²) in [5, 5.41) is 56.9. The first kappa shape index (κ1) is 67.6. The van der Waals surface area contributed by atoms with Crippen LogP contribution in [0, 0.1) is 0 Å². The number of hydrogen-bond donors (Lipinski definition) is 6. The molecular formula is C61H111NO10. The monoisotopic (exact) mass is 1020 g/mol. The van der Waals surface area contributed by atoms with Gasteiger partial charge < -0.3 is 45.1 Å². The van der Waals surface area contributed by atoms with E-state index in [4.69, 9.17) is 14.2 Å². The van der Waals surface area contributed by atoms with Crippen LogP contribution >= 0.6 is 0 Å². The second-order valence-corrected chi connectivity index (χ2v) is 20.8. The van der Waals surface area contributed by atoms with Gasteiger partial charge >= 0.3 is 5.97 Å². The van der Waals surface area contributed by atoms with E-state index < -0.39 is 67.4 Å². The molecule has 0 aromatic heterocycles. The van der Waals surface area contributed by atoms with Crippen LogP contribution < -0.4 is 5.32 Å². The number of aliphatic hydroxyl groups excluding tert-OH is 5. The van der Waals surface area contributed by atoms with Crippen LogP contribution in [-0.4, -0.2) is 99.6 Å². The third-order valence-corrected chi connectivity index (χ3v) is 14.0. The molecular weight excluding hydrogens is 907 g/mol. The van der Waals surface area contributed by atoms with Gasteiger partial charge in [0.25, 0.3) is 0 Å². The number of amides is 1. The van der Waals surface area contributed by atoms with Crippen molar-refractivity contribution in [2.45, 2.75) is 314 Å². The summed E-state index contributed by atoms with van der Waals surface area (Å²) in [6.07, 6.45) is 48.6. The molecule has 1 aliphatic heterocycles. The molecule has 0 aromatic rings.